The number of carbonyl (C=O) groups is 3. The van der Waals surface area contributed by atoms with Crippen LogP contribution in [0.3, 0.4) is 0 Å². The van der Waals surface area contributed by atoms with Crippen molar-refractivity contribution in [3.8, 4) is 0 Å². The highest BCUT2D eigenvalue weighted by molar-refractivity contribution is 6.07. The summed E-state index contributed by atoms with van der Waals surface area (Å²) in [6.45, 7) is -0.438. The summed E-state index contributed by atoms with van der Waals surface area (Å²) in [6.07, 6.45) is 1.22. The summed E-state index contributed by atoms with van der Waals surface area (Å²) in [4.78, 5) is 40.7. The van der Waals surface area contributed by atoms with E-state index in [1.54, 1.807) is 31.4 Å². The second-order valence-electron chi connectivity index (χ2n) is 5.83. The van der Waals surface area contributed by atoms with E-state index in [1.165, 1.54) is 4.90 Å². The normalized spacial score (nSPS) is 10.5. The fourth-order valence-corrected chi connectivity index (χ4v) is 2.60. The molecule has 1 aromatic heterocycles. The standard InChI is InChI=1S/C20H18N2O4/c1-22(14-7-3-2-4-8-14)19(24)11-15(23)13-26-20(25)17-12-21-18-10-6-5-9-16(17)18/h2-10,12,21H,11,13H2,1H3. The van der Waals surface area contributed by atoms with Crippen molar-refractivity contribution in [2.75, 3.05) is 18.6 Å². The molecule has 0 bridgehead atoms. The summed E-state index contributed by atoms with van der Waals surface area (Å²) in [5, 5.41) is 0.727. The van der Waals surface area contributed by atoms with Crippen LogP contribution in [0, 0.1) is 0 Å². The second kappa shape index (κ2) is 7.65. The van der Waals surface area contributed by atoms with Crippen LogP contribution in [0.1, 0.15) is 16.8 Å². The molecule has 0 saturated heterocycles. The van der Waals surface area contributed by atoms with Gasteiger partial charge in [0, 0.05) is 29.8 Å². The maximum Gasteiger partial charge on any atom is 0.340 e. The van der Waals surface area contributed by atoms with Crippen LogP contribution < -0.4 is 4.90 Å². The number of benzene rings is 2. The predicted molar refractivity (Wildman–Crippen MR) is 98.1 cm³/mol. The summed E-state index contributed by atoms with van der Waals surface area (Å²) >= 11 is 0. The zero-order valence-electron chi connectivity index (χ0n) is 14.3. The van der Waals surface area contributed by atoms with Crippen molar-refractivity contribution >= 4 is 34.3 Å². The lowest BCUT2D eigenvalue weighted by Gasteiger charge is -2.16. The molecular weight excluding hydrogens is 332 g/mol. The van der Waals surface area contributed by atoms with Crippen molar-refractivity contribution in [2.24, 2.45) is 0 Å². The molecule has 0 unspecified atom stereocenters. The molecule has 6 nitrogen and oxygen atoms in total. The molecule has 26 heavy (non-hydrogen) atoms. The van der Waals surface area contributed by atoms with E-state index in [-0.39, 0.29) is 12.3 Å². The first kappa shape index (κ1) is 17.4. The number of esters is 1. The van der Waals surface area contributed by atoms with Gasteiger partial charge in [0.15, 0.2) is 12.4 Å². The molecule has 132 valence electrons. The number of carbonyl (C=O) groups excluding carboxylic acids is 3. The average molecular weight is 350 g/mol. The number of aromatic amines is 1. The maximum absolute atomic E-state index is 12.2. The Bertz CT molecular complexity index is 947. The van der Waals surface area contributed by atoms with Crippen LogP contribution in [0.2, 0.25) is 0 Å². The molecular formula is C20H18N2O4. The highest BCUT2D eigenvalue weighted by atomic mass is 16.5. The molecule has 6 heteroatoms. The molecule has 0 atom stereocenters. The number of ether oxygens (including phenoxy) is 1. The van der Waals surface area contributed by atoms with Gasteiger partial charge in [0.25, 0.3) is 0 Å². The van der Waals surface area contributed by atoms with Crippen LogP contribution in [0.25, 0.3) is 10.9 Å². The Hall–Kier alpha value is -3.41. The third-order valence-electron chi connectivity index (χ3n) is 4.04. The predicted octanol–water partition coefficient (Wildman–Crippen LogP) is 2.95. The SMILES string of the molecule is CN(C(=O)CC(=O)COC(=O)c1c[nH]c2ccccc12)c1ccccc1. The Morgan fingerprint density at radius 3 is 2.46 bits per heavy atom. The van der Waals surface area contributed by atoms with Gasteiger partial charge < -0.3 is 14.6 Å². The smallest absolute Gasteiger partial charge is 0.340 e. The number of hydrogen-bond donors (Lipinski definition) is 1. The van der Waals surface area contributed by atoms with E-state index in [9.17, 15) is 14.4 Å². The lowest BCUT2D eigenvalue weighted by Crippen LogP contribution is -2.29. The number of amides is 1. The van der Waals surface area contributed by atoms with E-state index in [1.807, 2.05) is 36.4 Å². The maximum atomic E-state index is 12.2. The quantitative estimate of drug-likeness (QED) is 0.547. The number of nitrogens with one attached hydrogen (secondary N) is 1. The van der Waals surface area contributed by atoms with Crippen LogP contribution in [0.15, 0.2) is 60.8 Å². The summed E-state index contributed by atoms with van der Waals surface area (Å²) in [7, 11) is 1.60. The first-order valence-electron chi connectivity index (χ1n) is 8.13. The van der Waals surface area contributed by atoms with Crippen LogP contribution in [0.4, 0.5) is 5.69 Å². The molecule has 2 aromatic carbocycles. The van der Waals surface area contributed by atoms with Gasteiger partial charge >= 0.3 is 5.97 Å². The summed E-state index contributed by atoms with van der Waals surface area (Å²) in [6, 6.07) is 16.3. The van der Waals surface area contributed by atoms with Crippen LogP contribution >= 0.6 is 0 Å². The lowest BCUT2D eigenvalue weighted by molar-refractivity contribution is -0.128. The van der Waals surface area contributed by atoms with Crippen molar-refractivity contribution in [3.63, 3.8) is 0 Å². The van der Waals surface area contributed by atoms with E-state index >= 15 is 0 Å². The Morgan fingerprint density at radius 2 is 1.69 bits per heavy atom. The minimum absolute atomic E-state index is 0.327. The molecule has 0 fully saturated rings. The number of ketones is 1. The second-order valence-corrected chi connectivity index (χ2v) is 5.83. The number of para-hydroxylation sites is 2. The van der Waals surface area contributed by atoms with E-state index in [2.05, 4.69) is 4.98 Å². The zero-order chi connectivity index (χ0) is 18.5. The number of anilines is 1. The Morgan fingerprint density at radius 1 is 1.00 bits per heavy atom. The van der Waals surface area contributed by atoms with E-state index < -0.39 is 18.4 Å². The third-order valence-corrected chi connectivity index (χ3v) is 4.04. The molecule has 1 heterocycles. The molecule has 0 aliphatic rings. The average Bonchev–Trinajstić information content (AvgIpc) is 3.10. The third kappa shape index (κ3) is 3.80. The Balaban J connectivity index is 1.55. The fourth-order valence-electron chi connectivity index (χ4n) is 2.60. The summed E-state index contributed by atoms with van der Waals surface area (Å²) in [5.41, 5.74) is 1.87. The lowest BCUT2D eigenvalue weighted by atomic mass is 10.2. The first-order chi connectivity index (χ1) is 12.6. The number of nitrogens with zero attached hydrogens (tertiary/aromatic N) is 1. The van der Waals surface area contributed by atoms with Gasteiger partial charge in [-0.25, -0.2) is 4.79 Å². The number of rotatable bonds is 6. The molecule has 0 aliphatic heterocycles. The van der Waals surface area contributed by atoms with Gasteiger partial charge in [-0.05, 0) is 18.2 Å². The fraction of sp³-hybridized carbons (Fsp3) is 0.150. The molecule has 0 spiro atoms. The molecule has 0 radical (unpaired) electrons. The van der Waals surface area contributed by atoms with Crippen molar-refractivity contribution in [2.45, 2.75) is 6.42 Å². The summed E-state index contributed by atoms with van der Waals surface area (Å²) < 4.78 is 5.06. The summed E-state index contributed by atoms with van der Waals surface area (Å²) in [5.74, 6) is -1.41. The molecule has 0 aliphatic carbocycles. The van der Waals surface area contributed by atoms with Gasteiger partial charge in [-0.2, -0.15) is 0 Å². The highest BCUT2D eigenvalue weighted by Gasteiger charge is 2.18. The Labute approximate surface area is 150 Å². The van der Waals surface area contributed by atoms with Gasteiger partial charge in [-0.15, -0.1) is 0 Å². The van der Waals surface area contributed by atoms with Crippen molar-refractivity contribution in [1.29, 1.82) is 0 Å². The van der Waals surface area contributed by atoms with E-state index in [0.717, 1.165) is 10.9 Å². The Kier molecular flexibility index (Phi) is 5.12. The number of fused-ring (bicyclic) bond motifs is 1. The monoisotopic (exact) mass is 350 g/mol. The minimum atomic E-state index is -0.598. The number of Topliss-reactive ketones (excluding diaryl/α,β-unsaturated/α-hetero) is 1. The van der Waals surface area contributed by atoms with E-state index in [0.29, 0.717) is 11.3 Å². The molecule has 3 rings (SSSR count). The van der Waals surface area contributed by atoms with Crippen LogP contribution in [0.5, 0.6) is 0 Å². The van der Waals surface area contributed by atoms with Gasteiger partial charge in [-0.1, -0.05) is 36.4 Å². The molecule has 0 saturated carbocycles. The number of hydrogen-bond acceptors (Lipinski definition) is 4. The minimum Gasteiger partial charge on any atom is -0.454 e. The van der Waals surface area contributed by atoms with Crippen LogP contribution in [-0.4, -0.2) is 36.3 Å². The molecule has 3 aromatic rings. The van der Waals surface area contributed by atoms with Crippen molar-refractivity contribution in [1.82, 2.24) is 4.98 Å². The zero-order valence-corrected chi connectivity index (χ0v) is 14.3. The largest absolute Gasteiger partial charge is 0.454 e. The van der Waals surface area contributed by atoms with Crippen molar-refractivity contribution < 1.29 is 19.1 Å². The molecule has 1 N–H and O–H groups in total. The first-order valence-corrected chi connectivity index (χ1v) is 8.13. The number of H-pyrrole nitrogens is 1. The topological polar surface area (TPSA) is 79.5 Å². The van der Waals surface area contributed by atoms with Crippen molar-refractivity contribution in [3.05, 3.63) is 66.4 Å². The van der Waals surface area contributed by atoms with Gasteiger partial charge in [0.05, 0.1) is 12.0 Å². The van der Waals surface area contributed by atoms with Gasteiger partial charge in [0.1, 0.15) is 0 Å². The van der Waals surface area contributed by atoms with Gasteiger partial charge in [-0.3, -0.25) is 9.59 Å². The highest BCUT2D eigenvalue weighted by Crippen LogP contribution is 2.18. The van der Waals surface area contributed by atoms with Gasteiger partial charge in [0.2, 0.25) is 5.91 Å². The van der Waals surface area contributed by atoms with E-state index in [4.69, 9.17) is 4.74 Å². The number of aromatic nitrogens is 1. The molecule has 1 amide bonds. The van der Waals surface area contributed by atoms with Crippen LogP contribution in [-0.2, 0) is 14.3 Å².